The summed E-state index contributed by atoms with van der Waals surface area (Å²) >= 11 is 9.66. The Morgan fingerprint density at radius 3 is 2.42 bits per heavy atom. The number of benzene rings is 3. The molecule has 0 spiro atoms. The Kier molecular flexibility index (Phi) is 7.81. The molecule has 0 bridgehead atoms. The number of rotatable bonds is 6. The molecule has 2 unspecified atom stereocenters. The molecule has 218 valence electrons. The van der Waals surface area contributed by atoms with Crippen LogP contribution in [0, 0.1) is 0 Å². The van der Waals surface area contributed by atoms with E-state index in [1.807, 2.05) is 68.6 Å². The average molecular weight is 660 g/mol. The molecule has 2 amide bonds. The van der Waals surface area contributed by atoms with Gasteiger partial charge in [-0.25, -0.2) is 9.48 Å². The van der Waals surface area contributed by atoms with Gasteiger partial charge in [0.1, 0.15) is 5.69 Å². The normalized spacial score (nSPS) is 15.2. The number of amides is 2. The molecule has 0 aliphatic carbocycles. The Hall–Kier alpha value is -4.41. The van der Waals surface area contributed by atoms with Crippen LogP contribution >= 0.6 is 27.5 Å². The van der Waals surface area contributed by atoms with E-state index in [-0.39, 0.29) is 42.5 Å². The number of carbonyl (C=O) groups excluding carboxylic acids is 2. The standard InChI is InChI=1S/C32H28BrClN6O3/c1-20-18-38-28(19-37(20)31(42)23-9-14-26(33)27(34)17-23)29(30(41)36-21(2)22-7-4-3-5-8-22)40(32(38)43)25-12-10-24(11-13-25)39-16-6-15-35-39/h3-17,20-21H,18-19H2,1-2H3,(H,36,41). The van der Waals surface area contributed by atoms with Crippen molar-refractivity contribution in [3.63, 3.8) is 0 Å². The number of aromatic nitrogens is 4. The molecule has 0 radical (unpaired) electrons. The highest BCUT2D eigenvalue weighted by Gasteiger charge is 2.35. The van der Waals surface area contributed by atoms with Gasteiger partial charge < -0.3 is 10.2 Å². The second kappa shape index (κ2) is 11.7. The van der Waals surface area contributed by atoms with Crippen molar-refractivity contribution in [3.8, 4) is 11.4 Å². The molecular formula is C32H28BrClN6O3. The van der Waals surface area contributed by atoms with E-state index in [1.54, 1.807) is 50.7 Å². The number of carbonyl (C=O) groups is 2. The molecule has 9 nitrogen and oxygen atoms in total. The first kappa shape index (κ1) is 28.7. The SMILES string of the molecule is CC(NC(=O)c1c2n(c(=O)n1-c1ccc(-n3cccn3)cc1)CC(C)N(C(=O)c1ccc(Br)c(Cl)c1)C2)c1ccccc1. The highest BCUT2D eigenvalue weighted by atomic mass is 79.9. The molecule has 1 aliphatic rings. The van der Waals surface area contributed by atoms with Crippen molar-refractivity contribution in [2.24, 2.45) is 0 Å². The third-order valence-electron chi connectivity index (χ3n) is 7.71. The summed E-state index contributed by atoms with van der Waals surface area (Å²) < 4.78 is 5.44. The van der Waals surface area contributed by atoms with Crippen LogP contribution < -0.4 is 11.0 Å². The smallest absolute Gasteiger partial charge is 0.333 e. The zero-order valence-corrected chi connectivity index (χ0v) is 25.8. The highest BCUT2D eigenvalue weighted by molar-refractivity contribution is 9.10. The average Bonchev–Trinajstić information content (AvgIpc) is 3.65. The lowest BCUT2D eigenvalue weighted by Crippen LogP contribution is -2.47. The maximum Gasteiger partial charge on any atom is 0.333 e. The van der Waals surface area contributed by atoms with E-state index in [2.05, 4.69) is 26.3 Å². The number of nitrogens with one attached hydrogen (secondary N) is 1. The molecule has 2 atom stereocenters. The van der Waals surface area contributed by atoms with Gasteiger partial charge in [0, 0.05) is 35.0 Å². The molecule has 0 fully saturated rings. The Labute approximate surface area is 261 Å². The van der Waals surface area contributed by atoms with Crippen LogP contribution in [0.2, 0.25) is 5.02 Å². The molecule has 11 heteroatoms. The predicted molar refractivity (Wildman–Crippen MR) is 168 cm³/mol. The molecular weight excluding hydrogens is 632 g/mol. The van der Waals surface area contributed by atoms with Gasteiger partial charge in [0.2, 0.25) is 0 Å². The first-order valence-corrected chi connectivity index (χ1v) is 15.0. The fourth-order valence-electron chi connectivity index (χ4n) is 5.42. The minimum Gasteiger partial charge on any atom is -0.344 e. The van der Waals surface area contributed by atoms with Crippen LogP contribution in [0.4, 0.5) is 0 Å². The molecule has 43 heavy (non-hydrogen) atoms. The Morgan fingerprint density at radius 2 is 1.74 bits per heavy atom. The molecule has 0 saturated carbocycles. The number of imidazole rings is 1. The monoisotopic (exact) mass is 658 g/mol. The maximum absolute atomic E-state index is 14.0. The summed E-state index contributed by atoms with van der Waals surface area (Å²) in [7, 11) is 0. The van der Waals surface area contributed by atoms with Crippen LogP contribution in [0.15, 0.2) is 101 Å². The van der Waals surface area contributed by atoms with Crippen LogP contribution in [0.25, 0.3) is 11.4 Å². The van der Waals surface area contributed by atoms with Crippen molar-refractivity contribution in [3.05, 3.63) is 134 Å². The van der Waals surface area contributed by atoms with Gasteiger partial charge in [-0.3, -0.25) is 18.7 Å². The van der Waals surface area contributed by atoms with Gasteiger partial charge in [-0.2, -0.15) is 5.10 Å². The van der Waals surface area contributed by atoms with Crippen molar-refractivity contribution in [1.29, 1.82) is 0 Å². The third-order valence-corrected chi connectivity index (χ3v) is 8.94. The van der Waals surface area contributed by atoms with Crippen LogP contribution in [-0.2, 0) is 13.1 Å². The van der Waals surface area contributed by atoms with Crippen molar-refractivity contribution in [1.82, 2.24) is 29.1 Å². The molecule has 1 aliphatic heterocycles. The van der Waals surface area contributed by atoms with E-state index >= 15 is 0 Å². The molecule has 2 aromatic heterocycles. The second-order valence-corrected chi connectivity index (χ2v) is 11.8. The van der Waals surface area contributed by atoms with Gasteiger partial charge in [0.05, 0.1) is 34.7 Å². The van der Waals surface area contributed by atoms with Gasteiger partial charge in [-0.05, 0) is 83.9 Å². The number of nitrogens with zero attached hydrogens (tertiary/aromatic N) is 5. The molecule has 6 rings (SSSR count). The summed E-state index contributed by atoms with van der Waals surface area (Å²) in [6.45, 7) is 4.09. The fourth-order valence-corrected chi connectivity index (χ4v) is 5.85. The van der Waals surface area contributed by atoms with E-state index in [0.717, 1.165) is 11.3 Å². The van der Waals surface area contributed by atoms with E-state index < -0.39 is 5.91 Å². The molecule has 1 N–H and O–H groups in total. The quantitative estimate of drug-likeness (QED) is 0.250. The molecule has 3 aromatic carbocycles. The van der Waals surface area contributed by atoms with Crippen LogP contribution in [0.3, 0.4) is 0 Å². The van der Waals surface area contributed by atoms with Crippen molar-refractivity contribution < 1.29 is 9.59 Å². The number of halogens is 2. The minimum absolute atomic E-state index is 0.0732. The van der Waals surface area contributed by atoms with E-state index in [9.17, 15) is 14.4 Å². The summed E-state index contributed by atoms with van der Waals surface area (Å²) in [6.07, 6.45) is 3.51. The van der Waals surface area contributed by atoms with Gasteiger partial charge >= 0.3 is 5.69 Å². The van der Waals surface area contributed by atoms with Crippen LogP contribution in [-0.4, -0.2) is 41.7 Å². The summed E-state index contributed by atoms with van der Waals surface area (Å²) in [5, 5.41) is 7.76. The molecule has 3 heterocycles. The number of fused-ring (bicyclic) bond motifs is 1. The van der Waals surface area contributed by atoms with Crippen molar-refractivity contribution in [2.45, 2.75) is 39.0 Å². The van der Waals surface area contributed by atoms with Crippen molar-refractivity contribution in [2.75, 3.05) is 0 Å². The molecule has 5 aromatic rings. The predicted octanol–water partition coefficient (Wildman–Crippen LogP) is 5.78. The third kappa shape index (κ3) is 5.44. The number of hydrogen-bond acceptors (Lipinski definition) is 4. The lowest BCUT2D eigenvalue weighted by Gasteiger charge is -2.34. The van der Waals surface area contributed by atoms with Crippen molar-refractivity contribution >= 4 is 39.3 Å². The first-order chi connectivity index (χ1) is 20.7. The minimum atomic E-state index is -0.410. The Morgan fingerprint density at radius 1 is 1.02 bits per heavy atom. The largest absolute Gasteiger partial charge is 0.344 e. The van der Waals surface area contributed by atoms with Crippen LogP contribution in [0.5, 0.6) is 0 Å². The Balaban J connectivity index is 1.43. The van der Waals surface area contributed by atoms with Gasteiger partial charge in [-0.15, -0.1) is 0 Å². The van der Waals surface area contributed by atoms with Crippen LogP contribution in [0.1, 0.15) is 52.0 Å². The van der Waals surface area contributed by atoms with E-state index in [1.165, 1.54) is 4.57 Å². The van der Waals surface area contributed by atoms with Gasteiger partial charge in [0.15, 0.2) is 0 Å². The topological polar surface area (TPSA) is 94.2 Å². The second-order valence-electron chi connectivity index (χ2n) is 10.5. The zero-order chi connectivity index (χ0) is 30.2. The lowest BCUT2D eigenvalue weighted by atomic mass is 10.1. The zero-order valence-electron chi connectivity index (χ0n) is 23.4. The summed E-state index contributed by atoms with van der Waals surface area (Å²) in [5.41, 5.74) is 3.02. The highest BCUT2D eigenvalue weighted by Crippen LogP contribution is 2.28. The first-order valence-electron chi connectivity index (χ1n) is 13.8. The fraction of sp³-hybridized carbons (Fsp3) is 0.188. The van der Waals surface area contributed by atoms with E-state index in [4.69, 9.17) is 11.6 Å². The summed E-state index contributed by atoms with van der Waals surface area (Å²) in [4.78, 5) is 43.4. The van der Waals surface area contributed by atoms with E-state index in [0.29, 0.717) is 26.4 Å². The summed E-state index contributed by atoms with van der Waals surface area (Å²) in [6, 6.07) is 23.1. The number of hydrogen-bond donors (Lipinski definition) is 1. The van der Waals surface area contributed by atoms with Gasteiger partial charge in [0.25, 0.3) is 11.8 Å². The summed E-state index contributed by atoms with van der Waals surface area (Å²) in [5.74, 6) is -0.645. The van der Waals surface area contributed by atoms with Gasteiger partial charge in [-0.1, -0.05) is 41.9 Å². The lowest BCUT2D eigenvalue weighted by molar-refractivity contribution is 0.0610. The Bertz CT molecular complexity index is 1870. The molecule has 0 saturated heterocycles. The maximum atomic E-state index is 14.0.